The van der Waals surface area contributed by atoms with Crippen LogP contribution in [0.25, 0.3) is 0 Å². The molecule has 0 saturated heterocycles. The van der Waals surface area contributed by atoms with Crippen molar-refractivity contribution >= 4 is 23.6 Å². The lowest BCUT2D eigenvalue weighted by Crippen LogP contribution is -2.40. The minimum Gasteiger partial charge on any atom is -0.480 e. The zero-order valence-corrected chi connectivity index (χ0v) is 21.5. The van der Waals surface area contributed by atoms with Crippen LogP contribution in [0.1, 0.15) is 48.0 Å². The third-order valence-corrected chi connectivity index (χ3v) is 6.02. The fourth-order valence-corrected chi connectivity index (χ4v) is 3.91. The SMILES string of the molecule is CNCc1nc(SC)ncc1CNC1=CC(NC(=O)c2cccc(C(C)(C)C)c2)CN=C1OC. The highest BCUT2D eigenvalue weighted by Gasteiger charge is 2.21. The van der Waals surface area contributed by atoms with E-state index in [0.29, 0.717) is 31.1 Å². The number of nitrogens with zero attached hydrogens (tertiary/aromatic N) is 3. The second kappa shape index (κ2) is 11.5. The first-order chi connectivity index (χ1) is 16.2. The van der Waals surface area contributed by atoms with Crippen molar-refractivity contribution in [3.8, 4) is 0 Å². The van der Waals surface area contributed by atoms with Crippen molar-refractivity contribution in [1.29, 1.82) is 0 Å². The monoisotopic (exact) mass is 482 g/mol. The normalized spacial score (nSPS) is 15.9. The smallest absolute Gasteiger partial charge is 0.251 e. The average molecular weight is 483 g/mol. The van der Waals surface area contributed by atoms with Crippen molar-refractivity contribution in [1.82, 2.24) is 25.9 Å². The Labute approximate surface area is 206 Å². The number of aliphatic imine (C=N–C) groups is 1. The summed E-state index contributed by atoms with van der Waals surface area (Å²) < 4.78 is 5.46. The van der Waals surface area contributed by atoms with Gasteiger partial charge in [0.2, 0.25) is 5.90 Å². The largest absolute Gasteiger partial charge is 0.480 e. The second-order valence-electron chi connectivity index (χ2n) is 9.05. The van der Waals surface area contributed by atoms with E-state index in [9.17, 15) is 4.79 Å². The molecule has 34 heavy (non-hydrogen) atoms. The number of ether oxygens (including phenoxy) is 1. The molecule has 2 aromatic rings. The Balaban J connectivity index is 1.73. The molecule has 3 N–H and O–H groups in total. The van der Waals surface area contributed by atoms with Crippen LogP contribution in [0.5, 0.6) is 0 Å². The maximum absolute atomic E-state index is 12.9. The molecule has 182 valence electrons. The van der Waals surface area contributed by atoms with Gasteiger partial charge in [-0.05, 0) is 42.5 Å². The van der Waals surface area contributed by atoms with E-state index >= 15 is 0 Å². The molecule has 2 heterocycles. The summed E-state index contributed by atoms with van der Waals surface area (Å²) in [6.45, 7) is 7.96. The molecular weight excluding hydrogens is 448 g/mol. The summed E-state index contributed by atoms with van der Waals surface area (Å²) in [6.07, 6.45) is 5.75. The van der Waals surface area contributed by atoms with E-state index in [4.69, 9.17) is 4.74 Å². The third kappa shape index (κ3) is 6.57. The van der Waals surface area contributed by atoms with Gasteiger partial charge in [0.1, 0.15) is 0 Å². The maximum Gasteiger partial charge on any atom is 0.251 e. The summed E-state index contributed by atoms with van der Waals surface area (Å²) in [5.41, 5.74) is 4.37. The molecule has 9 heteroatoms. The summed E-state index contributed by atoms with van der Waals surface area (Å²) in [4.78, 5) is 26.5. The molecule has 1 aliphatic rings. The standard InChI is InChI=1S/C25H34N6O2S/c1-25(2,3)18-9-7-8-16(10-18)22(32)30-19-11-20(23(33-5)28-14-19)27-12-17-13-29-24(34-6)31-21(17)15-26-4/h7-11,13,19,26-27H,12,14-15H2,1-6H3,(H,30,32). The first kappa shape index (κ1) is 25.7. The molecule has 1 aliphatic heterocycles. The van der Waals surface area contributed by atoms with Gasteiger partial charge in [-0.3, -0.25) is 4.79 Å². The zero-order valence-electron chi connectivity index (χ0n) is 20.7. The number of thioether (sulfide) groups is 1. The van der Waals surface area contributed by atoms with Crippen molar-refractivity contribution in [2.45, 2.75) is 50.5 Å². The summed E-state index contributed by atoms with van der Waals surface area (Å²) in [7, 11) is 3.48. The number of rotatable bonds is 8. The van der Waals surface area contributed by atoms with Gasteiger partial charge in [0.05, 0.1) is 31.1 Å². The van der Waals surface area contributed by atoms with Crippen LogP contribution in [-0.2, 0) is 23.2 Å². The molecule has 1 amide bonds. The van der Waals surface area contributed by atoms with Crippen LogP contribution < -0.4 is 16.0 Å². The van der Waals surface area contributed by atoms with Gasteiger partial charge in [-0.2, -0.15) is 0 Å². The number of carbonyl (C=O) groups is 1. The minimum absolute atomic E-state index is 0.0281. The highest BCUT2D eigenvalue weighted by molar-refractivity contribution is 7.98. The highest BCUT2D eigenvalue weighted by Crippen LogP contribution is 2.23. The molecule has 1 atom stereocenters. The number of nitrogens with one attached hydrogen (secondary N) is 3. The van der Waals surface area contributed by atoms with Crippen molar-refractivity contribution < 1.29 is 9.53 Å². The lowest BCUT2D eigenvalue weighted by molar-refractivity contribution is 0.0944. The van der Waals surface area contributed by atoms with Crippen LogP contribution >= 0.6 is 11.8 Å². The molecule has 3 rings (SSSR count). The van der Waals surface area contributed by atoms with Crippen LogP contribution in [-0.4, -0.2) is 54.8 Å². The van der Waals surface area contributed by atoms with Gasteiger partial charge in [-0.25, -0.2) is 15.0 Å². The van der Waals surface area contributed by atoms with E-state index in [2.05, 4.69) is 51.7 Å². The number of amides is 1. The van der Waals surface area contributed by atoms with Crippen molar-refractivity contribution in [3.63, 3.8) is 0 Å². The molecular formula is C25H34N6O2S. The van der Waals surface area contributed by atoms with E-state index in [-0.39, 0.29) is 17.4 Å². The topological polar surface area (TPSA) is 101 Å². The molecule has 0 spiro atoms. The Hall–Kier alpha value is -2.91. The number of dihydropyridines is 1. The van der Waals surface area contributed by atoms with Crippen LogP contribution in [0.2, 0.25) is 0 Å². The molecule has 8 nitrogen and oxygen atoms in total. The lowest BCUT2D eigenvalue weighted by atomic mass is 9.86. The Morgan fingerprint density at radius 2 is 2.06 bits per heavy atom. The predicted octanol–water partition coefficient (Wildman–Crippen LogP) is 3.05. The van der Waals surface area contributed by atoms with Crippen LogP contribution in [0.3, 0.4) is 0 Å². The fraction of sp³-hybridized carbons (Fsp3) is 0.440. The van der Waals surface area contributed by atoms with E-state index in [1.807, 2.05) is 49.8 Å². The number of methoxy groups -OCH3 is 1. The van der Waals surface area contributed by atoms with E-state index < -0.39 is 0 Å². The van der Waals surface area contributed by atoms with Gasteiger partial charge < -0.3 is 20.7 Å². The molecule has 1 aromatic heterocycles. The van der Waals surface area contributed by atoms with E-state index in [1.165, 1.54) is 11.8 Å². The van der Waals surface area contributed by atoms with Crippen LogP contribution in [0.4, 0.5) is 0 Å². The summed E-state index contributed by atoms with van der Waals surface area (Å²) in [6, 6.07) is 7.51. The van der Waals surface area contributed by atoms with Crippen LogP contribution in [0, 0.1) is 0 Å². The van der Waals surface area contributed by atoms with Gasteiger partial charge >= 0.3 is 0 Å². The Morgan fingerprint density at radius 3 is 2.74 bits per heavy atom. The fourth-order valence-electron chi connectivity index (χ4n) is 3.55. The van der Waals surface area contributed by atoms with Crippen molar-refractivity contribution in [2.24, 2.45) is 4.99 Å². The Kier molecular flexibility index (Phi) is 8.68. The Bertz CT molecular complexity index is 1080. The number of hydrogen-bond donors (Lipinski definition) is 3. The van der Waals surface area contributed by atoms with Crippen molar-refractivity contribution in [2.75, 3.05) is 27.0 Å². The molecule has 1 aromatic carbocycles. The molecule has 1 unspecified atom stereocenters. The predicted molar refractivity (Wildman–Crippen MR) is 137 cm³/mol. The first-order valence-corrected chi connectivity index (χ1v) is 12.5. The second-order valence-corrected chi connectivity index (χ2v) is 9.83. The molecule has 0 aliphatic carbocycles. The molecule has 0 saturated carbocycles. The number of benzene rings is 1. The Morgan fingerprint density at radius 1 is 1.26 bits per heavy atom. The summed E-state index contributed by atoms with van der Waals surface area (Å²) in [5, 5.41) is 10.4. The van der Waals surface area contributed by atoms with E-state index in [1.54, 1.807) is 7.11 Å². The van der Waals surface area contributed by atoms with Gasteiger partial charge in [-0.15, -0.1) is 0 Å². The summed E-state index contributed by atoms with van der Waals surface area (Å²) >= 11 is 1.51. The molecule has 0 bridgehead atoms. The average Bonchev–Trinajstić information content (AvgIpc) is 2.83. The third-order valence-electron chi connectivity index (χ3n) is 5.46. The number of aromatic nitrogens is 2. The van der Waals surface area contributed by atoms with Gasteiger partial charge in [0, 0.05) is 30.4 Å². The highest BCUT2D eigenvalue weighted by atomic mass is 32.2. The van der Waals surface area contributed by atoms with Gasteiger partial charge in [-0.1, -0.05) is 44.7 Å². The lowest BCUT2D eigenvalue weighted by Gasteiger charge is -2.23. The number of hydrogen-bond acceptors (Lipinski definition) is 8. The van der Waals surface area contributed by atoms with Gasteiger partial charge in [0.15, 0.2) is 5.16 Å². The molecule has 0 radical (unpaired) electrons. The van der Waals surface area contributed by atoms with Crippen LogP contribution in [0.15, 0.2) is 52.4 Å². The quantitative estimate of drug-likeness (QED) is 0.393. The van der Waals surface area contributed by atoms with Gasteiger partial charge in [0.25, 0.3) is 5.91 Å². The number of carbonyl (C=O) groups excluding carboxylic acids is 1. The summed E-state index contributed by atoms with van der Waals surface area (Å²) in [5.74, 6) is 0.386. The molecule has 0 fully saturated rings. The zero-order chi connectivity index (χ0) is 24.7. The van der Waals surface area contributed by atoms with E-state index in [0.717, 1.165) is 27.7 Å². The minimum atomic E-state index is -0.251. The van der Waals surface area contributed by atoms with Crippen molar-refractivity contribution in [3.05, 3.63) is 64.6 Å². The maximum atomic E-state index is 12.9. The first-order valence-electron chi connectivity index (χ1n) is 11.2.